The molecule has 0 fully saturated rings. The summed E-state index contributed by atoms with van der Waals surface area (Å²) >= 11 is 1.35. The molecule has 4 heteroatoms. The van der Waals surface area contributed by atoms with Gasteiger partial charge in [0, 0.05) is 4.88 Å². The van der Waals surface area contributed by atoms with Gasteiger partial charge < -0.3 is 10.8 Å². The molecule has 0 spiro atoms. The van der Waals surface area contributed by atoms with Gasteiger partial charge in [0.1, 0.15) is 5.00 Å². The van der Waals surface area contributed by atoms with Crippen LogP contribution in [-0.2, 0) is 6.42 Å². The molecule has 12 heavy (non-hydrogen) atoms. The highest BCUT2D eigenvalue weighted by atomic mass is 32.1. The molecular weight excluding hydrogens is 174 g/mol. The van der Waals surface area contributed by atoms with E-state index < -0.39 is 5.97 Å². The fraction of sp³-hybridized carbons (Fsp3) is 0.375. The molecule has 0 aromatic carbocycles. The average Bonchev–Trinajstić information content (AvgIpc) is 2.24. The fourth-order valence-electron chi connectivity index (χ4n) is 1.26. The Hall–Kier alpha value is -1.03. The molecule has 1 aromatic heterocycles. The quantitative estimate of drug-likeness (QED) is 0.739. The Kier molecular flexibility index (Phi) is 2.38. The number of nitrogen functional groups attached to an aromatic ring is 1. The number of aromatic carboxylic acids is 1. The van der Waals surface area contributed by atoms with Gasteiger partial charge in [-0.05, 0) is 18.9 Å². The van der Waals surface area contributed by atoms with Crippen LogP contribution in [-0.4, -0.2) is 11.1 Å². The van der Waals surface area contributed by atoms with Crippen LogP contribution in [0.25, 0.3) is 0 Å². The number of rotatable bonds is 2. The van der Waals surface area contributed by atoms with Gasteiger partial charge in [-0.1, -0.05) is 6.92 Å². The Morgan fingerprint density at radius 2 is 2.25 bits per heavy atom. The van der Waals surface area contributed by atoms with Crippen molar-refractivity contribution in [3.63, 3.8) is 0 Å². The second-order valence-electron chi connectivity index (χ2n) is 2.53. The van der Waals surface area contributed by atoms with Gasteiger partial charge >= 0.3 is 5.97 Å². The summed E-state index contributed by atoms with van der Waals surface area (Å²) in [4.78, 5) is 11.7. The molecule has 0 saturated carbocycles. The zero-order valence-corrected chi connectivity index (χ0v) is 7.86. The second-order valence-corrected chi connectivity index (χ2v) is 3.79. The van der Waals surface area contributed by atoms with Crippen LogP contribution in [0.5, 0.6) is 0 Å². The Morgan fingerprint density at radius 1 is 1.67 bits per heavy atom. The van der Waals surface area contributed by atoms with Crippen LogP contribution in [0.2, 0.25) is 0 Å². The first-order valence-electron chi connectivity index (χ1n) is 3.69. The SMILES string of the molecule is CCc1c(C)sc(N)c1C(=O)O. The van der Waals surface area contributed by atoms with Crippen molar-refractivity contribution in [2.75, 3.05) is 5.73 Å². The molecule has 3 N–H and O–H groups in total. The van der Waals surface area contributed by atoms with Crippen molar-refractivity contribution in [2.24, 2.45) is 0 Å². The van der Waals surface area contributed by atoms with Crippen molar-refractivity contribution in [1.29, 1.82) is 0 Å². The Labute approximate surface area is 74.8 Å². The minimum Gasteiger partial charge on any atom is -0.478 e. The molecule has 1 heterocycles. The second kappa shape index (κ2) is 3.15. The van der Waals surface area contributed by atoms with Gasteiger partial charge in [-0.25, -0.2) is 4.79 Å². The molecule has 0 bridgehead atoms. The predicted octanol–water partition coefficient (Wildman–Crippen LogP) is 1.90. The van der Waals surface area contributed by atoms with Crippen LogP contribution in [0.15, 0.2) is 0 Å². The molecular formula is C8H11NO2S. The van der Waals surface area contributed by atoms with E-state index in [1.165, 1.54) is 11.3 Å². The van der Waals surface area contributed by atoms with E-state index in [-0.39, 0.29) is 0 Å². The van der Waals surface area contributed by atoms with E-state index in [4.69, 9.17) is 10.8 Å². The van der Waals surface area contributed by atoms with Gasteiger partial charge in [0.2, 0.25) is 0 Å². The number of carboxylic acids is 1. The summed E-state index contributed by atoms with van der Waals surface area (Å²) in [6.45, 7) is 3.83. The highest BCUT2D eigenvalue weighted by molar-refractivity contribution is 7.16. The molecule has 0 aliphatic carbocycles. The van der Waals surface area contributed by atoms with Crippen LogP contribution in [0.4, 0.5) is 5.00 Å². The lowest BCUT2D eigenvalue weighted by Crippen LogP contribution is -2.02. The van der Waals surface area contributed by atoms with Crippen molar-refractivity contribution in [3.05, 3.63) is 16.0 Å². The number of anilines is 1. The first-order chi connectivity index (χ1) is 5.57. The van der Waals surface area contributed by atoms with E-state index in [9.17, 15) is 4.79 Å². The van der Waals surface area contributed by atoms with Crippen molar-refractivity contribution < 1.29 is 9.90 Å². The van der Waals surface area contributed by atoms with Gasteiger partial charge in [-0.2, -0.15) is 0 Å². The van der Waals surface area contributed by atoms with Gasteiger partial charge in [0.05, 0.1) is 5.56 Å². The molecule has 0 amide bonds. The molecule has 0 unspecified atom stereocenters. The van der Waals surface area contributed by atoms with Crippen LogP contribution < -0.4 is 5.73 Å². The van der Waals surface area contributed by atoms with Crippen molar-refractivity contribution in [3.8, 4) is 0 Å². The maximum Gasteiger partial charge on any atom is 0.338 e. The summed E-state index contributed by atoms with van der Waals surface area (Å²) in [5.74, 6) is -0.922. The minimum atomic E-state index is -0.922. The van der Waals surface area contributed by atoms with Gasteiger partial charge in [-0.3, -0.25) is 0 Å². The number of aryl methyl sites for hydroxylation is 1. The molecule has 0 saturated heterocycles. The average molecular weight is 185 g/mol. The van der Waals surface area contributed by atoms with Crippen molar-refractivity contribution in [2.45, 2.75) is 20.3 Å². The van der Waals surface area contributed by atoms with Gasteiger partial charge in [-0.15, -0.1) is 11.3 Å². The molecule has 3 nitrogen and oxygen atoms in total. The number of hydrogen-bond donors (Lipinski definition) is 2. The molecule has 1 aromatic rings. The predicted molar refractivity (Wildman–Crippen MR) is 49.8 cm³/mol. The topological polar surface area (TPSA) is 63.3 Å². The third-order valence-electron chi connectivity index (χ3n) is 1.80. The summed E-state index contributed by atoms with van der Waals surface area (Å²) in [6, 6.07) is 0. The standard InChI is InChI=1S/C8H11NO2S/c1-3-5-4(2)12-7(9)6(5)8(10)11/h3,9H2,1-2H3,(H,10,11). The van der Waals surface area contributed by atoms with Crippen LogP contribution in [0, 0.1) is 6.92 Å². The van der Waals surface area contributed by atoms with E-state index in [0.29, 0.717) is 10.6 Å². The summed E-state index contributed by atoms with van der Waals surface area (Å²) in [5, 5.41) is 9.23. The number of thiophene rings is 1. The van der Waals surface area contributed by atoms with Crippen LogP contribution in [0.3, 0.4) is 0 Å². The lowest BCUT2D eigenvalue weighted by atomic mass is 10.1. The number of carboxylic acid groups (broad SMARTS) is 1. The monoisotopic (exact) mass is 185 g/mol. The van der Waals surface area contributed by atoms with Crippen LogP contribution >= 0.6 is 11.3 Å². The van der Waals surface area contributed by atoms with E-state index in [1.807, 2.05) is 13.8 Å². The van der Waals surface area contributed by atoms with Crippen molar-refractivity contribution in [1.82, 2.24) is 0 Å². The van der Waals surface area contributed by atoms with E-state index in [1.54, 1.807) is 0 Å². The van der Waals surface area contributed by atoms with E-state index in [2.05, 4.69) is 0 Å². The zero-order valence-electron chi connectivity index (χ0n) is 7.05. The molecule has 0 radical (unpaired) electrons. The van der Waals surface area contributed by atoms with Gasteiger partial charge in [0.25, 0.3) is 0 Å². The number of carbonyl (C=O) groups is 1. The first kappa shape index (κ1) is 9.06. The van der Waals surface area contributed by atoms with E-state index in [0.717, 1.165) is 16.9 Å². The normalized spacial score (nSPS) is 10.2. The van der Waals surface area contributed by atoms with Crippen LogP contribution in [0.1, 0.15) is 27.7 Å². The number of nitrogens with two attached hydrogens (primary N) is 1. The van der Waals surface area contributed by atoms with E-state index >= 15 is 0 Å². The summed E-state index contributed by atoms with van der Waals surface area (Å²) in [6.07, 6.45) is 0.723. The first-order valence-corrected chi connectivity index (χ1v) is 4.50. The maximum atomic E-state index is 10.7. The zero-order chi connectivity index (χ0) is 9.30. The van der Waals surface area contributed by atoms with Crippen molar-refractivity contribution >= 4 is 22.3 Å². The smallest absolute Gasteiger partial charge is 0.338 e. The molecule has 1 rings (SSSR count). The fourth-order valence-corrected chi connectivity index (χ4v) is 2.27. The summed E-state index contributed by atoms with van der Waals surface area (Å²) in [5.41, 5.74) is 6.71. The maximum absolute atomic E-state index is 10.7. The third-order valence-corrected chi connectivity index (χ3v) is 2.78. The largest absolute Gasteiger partial charge is 0.478 e. The Morgan fingerprint density at radius 3 is 2.58 bits per heavy atom. The Bertz CT molecular complexity index is 317. The highest BCUT2D eigenvalue weighted by Gasteiger charge is 2.17. The lowest BCUT2D eigenvalue weighted by molar-refractivity contribution is 0.0697. The number of hydrogen-bond acceptors (Lipinski definition) is 3. The lowest BCUT2D eigenvalue weighted by Gasteiger charge is -1.96. The molecule has 0 atom stereocenters. The molecule has 0 aliphatic rings. The van der Waals surface area contributed by atoms with Gasteiger partial charge in [0.15, 0.2) is 0 Å². The summed E-state index contributed by atoms with van der Waals surface area (Å²) in [7, 11) is 0. The highest BCUT2D eigenvalue weighted by Crippen LogP contribution is 2.30. The summed E-state index contributed by atoms with van der Waals surface area (Å²) < 4.78 is 0. The minimum absolute atomic E-state index is 0.292. The third kappa shape index (κ3) is 1.30. The molecule has 0 aliphatic heterocycles. The Balaban J connectivity index is 3.32. The molecule has 66 valence electrons.